The number of halogens is 2. The summed E-state index contributed by atoms with van der Waals surface area (Å²) >= 11 is 0. The summed E-state index contributed by atoms with van der Waals surface area (Å²) in [7, 11) is 0. The summed E-state index contributed by atoms with van der Waals surface area (Å²) in [5, 5.41) is 12.1. The molecule has 3 atom stereocenters. The number of rotatable bonds is 5. The van der Waals surface area contributed by atoms with Crippen molar-refractivity contribution < 1.29 is 18.7 Å². The highest BCUT2D eigenvalue weighted by atomic mass is 19.3. The van der Waals surface area contributed by atoms with E-state index in [0.29, 0.717) is 6.42 Å². The number of hydrogen-bond acceptors (Lipinski definition) is 2. The van der Waals surface area contributed by atoms with Crippen molar-refractivity contribution in [2.45, 2.75) is 57.6 Å². The third kappa shape index (κ3) is 4.93. The molecule has 5 heteroatoms. The Morgan fingerprint density at radius 2 is 2.25 bits per heavy atom. The molecule has 1 aliphatic rings. The molecule has 2 unspecified atom stereocenters. The van der Waals surface area contributed by atoms with Crippen molar-refractivity contribution in [3.63, 3.8) is 0 Å². The van der Waals surface area contributed by atoms with Crippen LogP contribution in [-0.2, 0) is 4.79 Å². The van der Waals surface area contributed by atoms with Gasteiger partial charge in [0.2, 0.25) is 0 Å². The van der Waals surface area contributed by atoms with Gasteiger partial charge in [-0.05, 0) is 12.3 Å². The van der Waals surface area contributed by atoms with Crippen molar-refractivity contribution in [2.24, 2.45) is 5.92 Å². The zero-order valence-electron chi connectivity index (χ0n) is 11.8. The fourth-order valence-electron chi connectivity index (χ4n) is 1.81. The van der Waals surface area contributed by atoms with Crippen molar-refractivity contribution in [1.82, 2.24) is 5.32 Å². The Balaban J connectivity index is 2.42. The van der Waals surface area contributed by atoms with E-state index in [2.05, 4.69) is 17.2 Å². The van der Waals surface area contributed by atoms with E-state index in [4.69, 9.17) is 0 Å². The maximum absolute atomic E-state index is 13.0. The highest BCUT2D eigenvalue weighted by molar-refractivity contribution is 5.86. The Morgan fingerprint density at radius 1 is 1.55 bits per heavy atom. The monoisotopic (exact) mass is 285 g/mol. The van der Waals surface area contributed by atoms with Gasteiger partial charge in [-0.3, -0.25) is 4.79 Å². The molecular weight excluding hydrogens is 264 g/mol. The number of carbonyl (C=O) groups is 1. The number of alkyl halides is 2. The van der Waals surface area contributed by atoms with Crippen LogP contribution in [0.1, 0.15) is 39.5 Å². The third-order valence-electron chi connectivity index (χ3n) is 3.17. The van der Waals surface area contributed by atoms with Crippen LogP contribution < -0.4 is 5.32 Å². The summed E-state index contributed by atoms with van der Waals surface area (Å²) in [5.74, 6) is 1.34. The van der Waals surface area contributed by atoms with E-state index in [-0.39, 0.29) is 5.92 Å². The quantitative estimate of drug-likeness (QED) is 0.601. The van der Waals surface area contributed by atoms with Crippen LogP contribution in [0.5, 0.6) is 0 Å². The summed E-state index contributed by atoms with van der Waals surface area (Å²) in [6.45, 7) is 3.89. The number of unbranched alkanes of at least 4 members (excludes halogenated alkanes) is 1. The van der Waals surface area contributed by atoms with Crippen LogP contribution in [0.25, 0.3) is 0 Å². The van der Waals surface area contributed by atoms with E-state index < -0.39 is 30.4 Å². The first-order chi connectivity index (χ1) is 9.36. The second-order valence-electron chi connectivity index (χ2n) is 5.15. The second kappa shape index (κ2) is 7.39. The number of amides is 1. The summed E-state index contributed by atoms with van der Waals surface area (Å²) in [5.41, 5.74) is 0. The minimum Gasteiger partial charge on any atom is -0.389 e. The molecule has 0 aromatic rings. The lowest BCUT2D eigenvalue weighted by atomic mass is 10.00. The molecule has 2 N–H and O–H groups in total. The molecule has 0 spiro atoms. The summed E-state index contributed by atoms with van der Waals surface area (Å²) in [6.07, 6.45) is 3.97. The molecule has 1 fully saturated rings. The molecule has 0 aromatic heterocycles. The van der Waals surface area contributed by atoms with Crippen LogP contribution in [0.4, 0.5) is 8.78 Å². The maximum atomic E-state index is 13.0. The Kier molecular flexibility index (Phi) is 6.15. The lowest BCUT2D eigenvalue weighted by Crippen LogP contribution is -2.30. The van der Waals surface area contributed by atoms with E-state index in [1.807, 2.05) is 13.8 Å². The molecular formula is C15H21F2NO2. The van der Waals surface area contributed by atoms with E-state index in [1.54, 1.807) is 0 Å². The van der Waals surface area contributed by atoms with Crippen LogP contribution in [-0.4, -0.2) is 29.1 Å². The molecule has 1 saturated heterocycles. The van der Waals surface area contributed by atoms with Crippen molar-refractivity contribution >= 4 is 5.91 Å². The van der Waals surface area contributed by atoms with Crippen LogP contribution in [0.2, 0.25) is 0 Å². The average molecular weight is 285 g/mol. The lowest BCUT2D eigenvalue weighted by Gasteiger charge is -2.13. The minimum atomic E-state index is -3.31. The van der Waals surface area contributed by atoms with Gasteiger partial charge in [-0.15, -0.1) is 11.8 Å². The van der Waals surface area contributed by atoms with Crippen molar-refractivity contribution in [3.8, 4) is 11.8 Å². The SMILES string of the molecule is CCCC#CCC(C)C(O)/C=C/[C@H]1CC(F)(F)C(=O)N1. The van der Waals surface area contributed by atoms with Gasteiger partial charge in [0.1, 0.15) is 0 Å². The molecule has 1 rings (SSSR count). The average Bonchev–Trinajstić information content (AvgIpc) is 2.65. The van der Waals surface area contributed by atoms with Gasteiger partial charge >= 0.3 is 5.92 Å². The number of nitrogens with one attached hydrogen (secondary N) is 1. The number of hydrogen-bond donors (Lipinski definition) is 2. The van der Waals surface area contributed by atoms with E-state index in [9.17, 15) is 18.7 Å². The Morgan fingerprint density at radius 3 is 2.80 bits per heavy atom. The third-order valence-corrected chi connectivity index (χ3v) is 3.17. The predicted octanol–water partition coefficient (Wildman–Crippen LogP) is 2.26. The number of aliphatic hydroxyl groups excluding tert-OH is 1. The zero-order chi connectivity index (χ0) is 15.2. The normalized spacial score (nSPS) is 24.1. The second-order valence-corrected chi connectivity index (χ2v) is 5.15. The minimum absolute atomic E-state index is 0.0757. The molecule has 3 nitrogen and oxygen atoms in total. The molecule has 0 bridgehead atoms. The van der Waals surface area contributed by atoms with Crippen molar-refractivity contribution in [3.05, 3.63) is 12.2 Å². The highest BCUT2D eigenvalue weighted by Crippen LogP contribution is 2.27. The smallest absolute Gasteiger partial charge is 0.326 e. The molecule has 0 aliphatic carbocycles. The molecule has 1 heterocycles. The van der Waals surface area contributed by atoms with Gasteiger partial charge < -0.3 is 10.4 Å². The topological polar surface area (TPSA) is 49.3 Å². The number of aliphatic hydroxyl groups is 1. The van der Waals surface area contributed by atoms with Gasteiger partial charge in [0.05, 0.1) is 12.1 Å². The largest absolute Gasteiger partial charge is 0.389 e. The zero-order valence-corrected chi connectivity index (χ0v) is 11.8. The first-order valence-electron chi connectivity index (χ1n) is 6.87. The lowest BCUT2D eigenvalue weighted by molar-refractivity contribution is -0.139. The van der Waals surface area contributed by atoms with Crippen molar-refractivity contribution in [1.29, 1.82) is 0 Å². The molecule has 0 aromatic carbocycles. The van der Waals surface area contributed by atoms with Gasteiger partial charge in [-0.25, -0.2) is 0 Å². The maximum Gasteiger partial charge on any atom is 0.326 e. The number of carbonyl (C=O) groups excluding carboxylic acids is 1. The Bertz CT molecular complexity index is 423. The molecule has 112 valence electrons. The van der Waals surface area contributed by atoms with Gasteiger partial charge in [0.15, 0.2) is 0 Å². The van der Waals surface area contributed by atoms with Crippen LogP contribution >= 0.6 is 0 Å². The predicted molar refractivity (Wildman–Crippen MR) is 73.1 cm³/mol. The summed E-state index contributed by atoms with van der Waals surface area (Å²) < 4.78 is 26.0. The summed E-state index contributed by atoms with van der Waals surface area (Å²) in [6, 6.07) is -0.717. The first kappa shape index (κ1) is 16.6. The fraction of sp³-hybridized carbons (Fsp3) is 0.667. The Hall–Kier alpha value is -1.41. The highest BCUT2D eigenvalue weighted by Gasteiger charge is 2.47. The first-order valence-corrected chi connectivity index (χ1v) is 6.87. The van der Waals surface area contributed by atoms with Crippen LogP contribution in [0, 0.1) is 17.8 Å². The molecule has 20 heavy (non-hydrogen) atoms. The van der Waals surface area contributed by atoms with E-state index in [0.717, 1.165) is 12.8 Å². The molecule has 1 amide bonds. The standard InChI is InChI=1S/C15H21F2NO2/c1-3-4-5-6-7-11(2)13(19)9-8-12-10-15(16,17)14(20)18-12/h8-9,11-13,19H,3-4,7,10H2,1-2H3,(H,18,20)/b9-8+/t11?,12-,13?/m0/s1. The Labute approximate surface area is 118 Å². The summed E-state index contributed by atoms with van der Waals surface area (Å²) in [4.78, 5) is 10.9. The van der Waals surface area contributed by atoms with Crippen LogP contribution in [0.3, 0.4) is 0 Å². The van der Waals surface area contributed by atoms with Crippen molar-refractivity contribution in [2.75, 3.05) is 0 Å². The van der Waals surface area contributed by atoms with Gasteiger partial charge in [0.25, 0.3) is 5.91 Å². The van der Waals surface area contributed by atoms with Gasteiger partial charge in [-0.2, -0.15) is 8.78 Å². The van der Waals surface area contributed by atoms with Crippen LogP contribution in [0.15, 0.2) is 12.2 Å². The van der Waals surface area contributed by atoms with Gasteiger partial charge in [0, 0.05) is 19.3 Å². The molecule has 1 aliphatic heterocycles. The van der Waals surface area contributed by atoms with E-state index in [1.165, 1.54) is 12.2 Å². The fourth-order valence-corrected chi connectivity index (χ4v) is 1.81. The molecule has 0 radical (unpaired) electrons. The van der Waals surface area contributed by atoms with Gasteiger partial charge in [-0.1, -0.05) is 26.0 Å². The molecule has 0 saturated carbocycles. The van der Waals surface area contributed by atoms with E-state index >= 15 is 0 Å².